The van der Waals surface area contributed by atoms with Gasteiger partial charge in [-0.3, -0.25) is 4.79 Å². The van der Waals surface area contributed by atoms with Gasteiger partial charge in [0.15, 0.2) is 12.5 Å². The van der Waals surface area contributed by atoms with Crippen LogP contribution in [0.25, 0.3) is 10.9 Å². The van der Waals surface area contributed by atoms with Crippen LogP contribution in [-0.2, 0) is 11.2 Å². The summed E-state index contributed by atoms with van der Waals surface area (Å²) in [6, 6.07) is 15.5. The zero-order chi connectivity index (χ0) is 23.3. The molecule has 3 heterocycles. The number of carbonyl (C=O) groups is 1. The van der Waals surface area contributed by atoms with Crippen LogP contribution in [0.4, 0.5) is 0 Å². The fraction of sp³-hybridized carbons (Fsp3) is 0.308. The molecule has 1 atom stereocenters. The van der Waals surface area contributed by atoms with Crippen molar-refractivity contribution in [3.63, 3.8) is 0 Å². The first-order chi connectivity index (χ1) is 16.7. The Hall–Kier alpha value is -3.94. The molecule has 174 valence electrons. The molecule has 1 aliphatic heterocycles. The molecular weight excluding hydrogens is 432 g/mol. The fourth-order valence-corrected chi connectivity index (χ4v) is 4.30. The Labute approximate surface area is 197 Å². The van der Waals surface area contributed by atoms with Crippen molar-refractivity contribution in [2.45, 2.75) is 25.2 Å². The van der Waals surface area contributed by atoms with E-state index in [2.05, 4.69) is 15.0 Å². The minimum Gasteiger partial charge on any atom is -0.497 e. The van der Waals surface area contributed by atoms with E-state index in [9.17, 15) is 4.79 Å². The Morgan fingerprint density at radius 1 is 1.15 bits per heavy atom. The van der Waals surface area contributed by atoms with Crippen molar-refractivity contribution < 1.29 is 18.7 Å². The predicted octanol–water partition coefficient (Wildman–Crippen LogP) is 4.00. The van der Waals surface area contributed by atoms with Crippen LogP contribution in [0.1, 0.15) is 36.0 Å². The number of piperidine rings is 1. The number of fused-ring (bicyclic) bond motifs is 1. The van der Waals surface area contributed by atoms with Gasteiger partial charge in [0.1, 0.15) is 17.8 Å². The summed E-state index contributed by atoms with van der Waals surface area (Å²) in [4.78, 5) is 27.7. The van der Waals surface area contributed by atoms with Gasteiger partial charge in [0.2, 0.25) is 5.88 Å². The lowest BCUT2D eigenvalue weighted by molar-refractivity contribution is -0.134. The number of carbonyl (C=O) groups excluding carboxylic acids is 1. The molecule has 2 aromatic heterocycles. The van der Waals surface area contributed by atoms with Gasteiger partial charge in [-0.05, 0) is 42.7 Å². The maximum absolute atomic E-state index is 12.9. The van der Waals surface area contributed by atoms with Crippen LogP contribution in [0.15, 0.2) is 65.5 Å². The van der Waals surface area contributed by atoms with Crippen LogP contribution in [0.3, 0.4) is 0 Å². The number of oxazole rings is 1. The lowest BCUT2D eigenvalue weighted by atomic mass is 9.98. The average Bonchev–Trinajstić information content (AvgIpc) is 3.36. The van der Waals surface area contributed by atoms with Crippen molar-refractivity contribution in [3.05, 3.63) is 78.3 Å². The predicted molar refractivity (Wildman–Crippen MR) is 126 cm³/mol. The molecule has 0 spiro atoms. The van der Waals surface area contributed by atoms with Gasteiger partial charge >= 0.3 is 0 Å². The minimum atomic E-state index is -0.0736. The normalized spacial score (nSPS) is 15.9. The van der Waals surface area contributed by atoms with Crippen molar-refractivity contribution in [1.82, 2.24) is 19.9 Å². The maximum Gasteiger partial charge on any atom is 0.260 e. The Bertz CT molecular complexity index is 1280. The Morgan fingerprint density at radius 3 is 2.97 bits per heavy atom. The molecule has 8 heteroatoms. The summed E-state index contributed by atoms with van der Waals surface area (Å²) in [6.07, 6.45) is 5.69. The number of methoxy groups -OCH3 is 1. The van der Waals surface area contributed by atoms with Crippen LogP contribution in [0.2, 0.25) is 0 Å². The minimum absolute atomic E-state index is 0.0663. The Balaban J connectivity index is 1.20. The summed E-state index contributed by atoms with van der Waals surface area (Å²) in [5.74, 6) is 2.70. The van der Waals surface area contributed by atoms with Crippen LogP contribution in [-0.4, -0.2) is 52.6 Å². The number of likely N-dealkylation sites (tertiary alicyclic amines) is 1. The van der Waals surface area contributed by atoms with Crippen molar-refractivity contribution in [1.29, 1.82) is 0 Å². The second kappa shape index (κ2) is 9.91. The van der Waals surface area contributed by atoms with Crippen LogP contribution in [0.5, 0.6) is 11.6 Å². The number of ether oxygens (including phenoxy) is 2. The van der Waals surface area contributed by atoms with Crippen LogP contribution < -0.4 is 9.47 Å². The van der Waals surface area contributed by atoms with Gasteiger partial charge in [-0.15, -0.1) is 0 Å². The van der Waals surface area contributed by atoms with Crippen molar-refractivity contribution >= 4 is 16.8 Å². The van der Waals surface area contributed by atoms with Gasteiger partial charge in [-0.2, -0.15) is 0 Å². The van der Waals surface area contributed by atoms with Crippen LogP contribution >= 0.6 is 0 Å². The van der Waals surface area contributed by atoms with E-state index in [-0.39, 0.29) is 18.4 Å². The summed E-state index contributed by atoms with van der Waals surface area (Å²) < 4.78 is 17.1. The van der Waals surface area contributed by atoms with Gasteiger partial charge in [0.05, 0.1) is 30.1 Å². The molecule has 1 amide bonds. The highest BCUT2D eigenvalue weighted by molar-refractivity contribution is 5.84. The van der Waals surface area contributed by atoms with E-state index in [1.165, 1.54) is 6.33 Å². The number of para-hydroxylation sites is 1. The number of hydrogen-bond acceptors (Lipinski definition) is 7. The smallest absolute Gasteiger partial charge is 0.260 e. The molecule has 0 aliphatic carbocycles. The van der Waals surface area contributed by atoms with E-state index in [0.717, 1.165) is 40.8 Å². The topological polar surface area (TPSA) is 90.6 Å². The number of aromatic nitrogens is 3. The molecule has 0 saturated carbocycles. The molecule has 5 rings (SSSR count). The number of amides is 1. The average molecular weight is 459 g/mol. The third kappa shape index (κ3) is 4.85. The third-order valence-electron chi connectivity index (χ3n) is 6.05. The molecule has 4 aromatic rings. The van der Waals surface area contributed by atoms with E-state index in [0.29, 0.717) is 31.3 Å². The van der Waals surface area contributed by atoms with Crippen LogP contribution in [0, 0.1) is 0 Å². The highest BCUT2D eigenvalue weighted by Gasteiger charge is 2.28. The molecule has 0 N–H and O–H groups in total. The molecule has 0 bridgehead atoms. The quantitative estimate of drug-likeness (QED) is 0.413. The second-order valence-corrected chi connectivity index (χ2v) is 8.36. The summed E-state index contributed by atoms with van der Waals surface area (Å²) in [6.45, 7) is 1.19. The zero-order valence-electron chi connectivity index (χ0n) is 19.0. The molecular formula is C26H26N4O4. The number of benzene rings is 2. The van der Waals surface area contributed by atoms with Crippen molar-refractivity contribution in [2.24, 2.45) is 0 Å². The molecule has 1 fully saturated rings. The number of rotatable bonds is 7. The van der Waals surface area contributed by atoms with Crippen molar-refractivity contribution in [2.75, 3.05) is 26.8 Å². The molecule has 1 aliphatic rings. The standard InChI is InChI=1S/C26H26N4O4/c1-32-20-8-4-6-18(12-20)13-21-14-27-25(34-21)19-7-5-11-30(15-19)24(31)16-33-26-22-9-2-3-10-23(22)28-17-29-26/h2-4,6,8-10,12,14,17,19H,5,7,11,13,15-16H2,1H3/t19-/m1/s1. The highest BCUT2D eigenvalue weighted by atomic mass is 16.5. The maximum atomic E-state index is 12.9. The van der Waals surface area contributed by atoms with E-state index >= 15 is 0 Å². The first-order valence-electron chi connectivity index (χ1n) is 11.4. The monoisotopic (exact) mass is 458 g/mol. The van der Waals surface area contributed by atoms with Crippen molar-refractivity contribution in [3.8, 4) is 11.6 Å². The first-order valence-corrected chi connectivity index (χ1v) is 11.4. The summed E-state index contributed by atoms with van der Waals surface area (Å²) >= 11 is 0. The van der Waals surface area contributed by atoms with Gasteiger partial charge in [0, 0.05) is 19.5 Å². The molecule has 34 heavy (non-hydrogen) atoms. The number of nitrogens with zero attached hydrogens (tertiary/aromatic N) is 4. The van der Waals surface area contributed by atoms with E-state index < -0.39 is 0 Å². The van der Waals surface area contributed by atoms with E-state index in [1.54, 1.807) is 13.3 Å². The lowest BCUT2D eigenvalue weighted by Gasteiger charge is -2.31. The molecule has 8 nitrogen and oxygen atoms in total. The largest absolute Gasteiger partial charge is 0.497 e. The third-order valence-corrected chi connectivity index (χ3v) is 6.05. The van der Waals surface area contributed by atoms with Gasteiger partial charge in [-0.25, -0.2) is 15.0 Å². The Kier molecular flexibility index (Phi) is 6.38. The fourth-order valence-electron chi connectivity index (χ4n) is 4.30. The Morgan fingerprint density at radius 2 is 2.06 bits per heavy atom. The van der Waals surface area contributed by atoms with Gasteiger partial charge < -0.3 is 18.8 Å². The van der Waals surface area contributed by atoms with E-state index in [1.807, 2.05) is 53.4 Å². The van der Waals surface area contributed by atoms with E-state index in [4.69, 9.17) is 13.9 Å². The number of hydrogen-bond donors (Lipinski definition) is 0. The molecule has 1 saturated heterocycles. The lowest BCUT2D eigenvalue weighted by Crippen LogP contribution is -2.41. The molecule has 2 aromatic carbocycles. The summed E-state index contributed by atoms with van der Waals surface area (Å²) in [5, 5.41) is 0.790. The SMILES string of the molecule is COc1cccc(Cc2cnc([C@@H]3CCCN(C(=O)COc4ncnc5ccccc45)C3)o2)c1. The summed E-state index contributed by atoms with van der Waals surface area (Å²) in [7, 11) is 1.66. The molecule has 0 unspecified atom stereocenters. The highest BCUT2D eigenvalue weighted by Crippen LogP contribution is 2.28. The first kappa shape index (κ1) is 21.9. The molecule has 0 radical (unpaired) electrons. The zero-order valence-corrected chi connectivity index (χ0v) is 19.0. The van der Waals surface area contributed by atoms with Gasteiger partial charge in [0.25, 0.3) is 5.91 Å². The second-order valence-electron chi connectivity index (χ2n) is 8.36. The van der Waals surface area contributed by atoms with Gasteiger partial charge in [-0.1, -0.05) is 24.3 Å². The summed E-state index contributed by atoms with van der Waals surface area (Å²) in [5.41, 5.74) is 1.88.